The van der Waals surface area contributed by atoms with Gasteiger partial charge in [0, 0.05) is 25.7 Å². The van der Waals surface area contributed by atoms with E-state index in [4.69, 9.17) is 4.74 Å². The van der Waals surface area contributed by atoms with E-state index >= 15 is 0 Å². The number of halogens is 1. The van der Waals surface area contributed by atoms with E-state index in [0.29, 0.717) is 0 Å². The molecule has 1 heterocycles. The van der Waals surface area contributed by atoms with Crippen molar-refractivity contribution in [3.05, 3.63) is 29.8 Å². The minimum atomic E-state index is 0. The number of piperidine rings is 1. The topological polar surface area (TPSA) is 48.9 Å². The largest absolute Gasteiger partial charge is 0.493 e. The number of para-hydroxylation sites is 1. The Hall–Kier alpha value is -1.02. The Morgan fingerprint density at radius 3 is 2.56 bits per heavy atom. The highest BCUT2D eigenvalue weighted by molar-refractivity contribution is 14.0. The van der Waals surface area contributed by atoms with Crippen molar-refractivity contribution in [2.24, 2.45) is 16.8 Å². The molecule has 1 aromatic carbocycles. The summed E-state index contributed by atoms with van der Waals surface area (Å²) in [6.45, 7) is 5.02. The number of benzene rings is 1. The summed E-state index contributed by atoms with van der Waals surface area (Å²) in [6.07, 6.45) is 6.48. The maximum absolute atomic E-state index is 5.99. The van der Waals surface area contributed by atoms with E-state index in [1.165, 1.54) is 50.8 Å². The van der Waals surface area contributed by atoms with Gasteiger partial charge in [0.1, 0.15) is 5.75 Å². The molecule has 0 bridgehead atoms. The van der Waals surface area contributed by atoms with Crippen molar-refractivity contribution in [3.63, 3.8) is 0 Å². The van der Waals surface area contributed by atoms with Crippen molar-refractivity contribution in [3.8, 4) is 5.75 Å². The first-order chi connectivity index (χ1) is 12.7. The van der Waals surface area contributed by atoms with Gasteiger partial charge in [0.2, 0.25) is 0 Å². The first kappa shape index (κ1) is 22.3. The van der Waals surface area contributed by atoms with E-state index in [-0.39, 0.29) is 24.0 Å². The SMILES string of the molecule is CN=C(NCCC1CCN(C)CC1)NCc1ccccc1OCC1CC1.I. The van der Waals surface area contributed by atoms with Crippen LogP contribution in [-0.2, 0) is 6.54 Å². The van der Waals surface area contributed by atoms with Crippen LogP contribution in [0.15, 0.2) is 29.3 Å². The second-order valence-corrected chi connectivity index (χ2v) is 7.75. The van der Waals surface area contributed by atoms with Gasteiger partial charge in [0.25, 0.3) is 0 Å². The fraction of sp³-hybridized carbons (Fsp3) is 0.667. The Bertz CT molecular complexity index is 583. The van der Waals surface area contributed by atoms with Gasteiger partial charge < -0.3 is 20.3 Å². The van der Waals surface area contributed by atoms with Gasteiger partial charge in [-0.15, -0.1) is 24.0 Å². The van der Waals surface area contributed by atoms with Crippen LogP contribution >= 0.6 is 24.0 Å². The molecule has 2 fully saturated rings. The Labute approximate surface area is 181 Å². The molecule has 1 saturated heterocycles. The predicted molar refractivity (Wildman–Crippen MR) is 123 cm³/mol. The molecule has 1 saturated carbocycles. The van der Waals surface area contributed by atoms with Crippen molar-refractivity contribution in [2.75, 3.05) is 40.3 Å². The van der Waals surface area contributed by atoms with Gasteiger partial charge in [-0.2, -0.15) is 0 Å². The number of guanidine groups is 1. The van der Waals surface area contributed by atoms with Gasteiger partial charge in [-0.25, -0.2) is 0 Å². The third-order valence-corrected chi connectivity index (χ3v) is 5.50. The van der Waals surface area contributed by atoms with Crippen LogP contribution in [0.4, 0.5) is 0 Å². The highest BCUT2D eigenvalue weighted by Crippen LogP contribution is 2.30. The molecule has 1 aliphatic heterocycles. The molecule has 3 rings (SSSR count). The molecule has 0 aromatic heterocycles. The highest BCUT2D eigenvalue weighted by Gasteiger charge is 2.22. The molecule has 2 N–H and O–H groups in total. The third-order valence-electron chi connectivity index (χ3n) is 5.50. The number of ether oxygens (including phenoxy) is 1. The van der Waals surface area contributed by atoms with Gasteiger partial charge in [-0.3, -0.25) is 4.99 Å². The van der Waals surface area contributed by atoms with Crippen LogP contribution in [0.5, 0.6) is 5.75 Å². The highest BCUT2D eigenvalue weighted by atomic mass is 127. The molecule has 0 atom stereocenters. The summed E-state index contributed by atoms with van der Waals surface area (Å²) in [6, 6.07) is 8.30. The number of hydrogen-bond acceptors (Lipinski definition) is 3. The Balaban J connectivity index is 0.00000261. The normalized spacial score (nSPS) is 18.7. The monoisotopic (exact) mass is 486 g/mol. The summed E-state index contributed by atoms with van der Waals surface area (Å²) >= 11 is 0. The van der Waals surface area contributed by atoms with E-state index in [0.717, 1.165) is 43.2 Å². The second-order valence-electron chi connectivity index (χ2n) is 7.75. The van der Waals surface area contributed by atoms with Crippen LogP contribution in [0.1, 0.15) is 37.7 Å². The van der Waals surface area contributed by atoms with Crippen molar-refractivity contribution < 1.29 is 4.74 Å². The quantitative estimate of drug-likeness (QED) is 0.336. The summed E-state index contributed by atoms with van der Waals surface area (Å²) in [5.74, 6) is 3.47. The lowest BCUT2D eigenvalue weighted by Gasteiger charge is -2.29. The van der Waals surface area contributed by atoms with Crippen LogP contribution in [0, 0.1) is 11.8 Å². The summed E-state index contributed by atoms with van der Waals surface area (Å²) in [4.78, 5) is 6.78. The van der Waals surface area contributed by atoms with Gasteiger partial charge >= 0.3 is 0 Å². The maximum Gasteiger partial charge on any atom is 0.191 e. The zero-order valence-electron chi connectivity index (χ0n) is 16.7. The number of nitrogens with zero attached hydrogens (tertiary/aromatic N) is 2. The zero-order valence-corrected chi connectivity index (χ0v) is 19.1. The Morgan fingerprint density at radius 1 is 1.11 bits per heavy atom. The molecule has 2 aliphatic rings. The number of hydrogen-bond donors (Lipinski definition) is 2. The standard InChI is InChI=1S/C21H34N4O.HI/c1-22-21(23-12-9-17-10-13-25(2)14-11-17)24-15-19-5-3-4-6-20(19)26-16-18-7-8-18;/h3-6,17-18H,7-16H2,1-2H3,(H2,22,23,24);1H. The Kier molecular flexibility index (Phi) is 9.68. The lowest BCUT2D eigenvalue weighted by atomic mass is 9.94. The zero-order chi connectivity index (χ0) is 18.2. The third kappa shape index (κ3) is 7.86. The molecule has 6 heteroatoms. The lowest BCUT2D eigenvalue weighted by Crippen LogP contribution is -2.38. The Morgan fingerprint density at radius 2 is 1.85 bits per heavy atom. The predicted octanol–water partition coefficient (Wildman–Crippen LogP) is 3.49. The minimum Gasteiger partial charge on any atom is -0.493 e. The molecule has 0 unspecified atom stereocenters. The molecule has 5 nitrogen and oxygen atoms in total. The fourth-order valence-corrected chi connectivity index (χ4v) is 3.43. The van der Waals surface area contributed by atoms with E-state index in [9.17, 15) is 0 Å². The molecule has 152 valence electrons. The van der Waals surface area contributed by atoms with Gasteiger partial charge in [0.15, 0.2) is 5.96 Å². The first-order valence-corrected chi connectivity index (χ1v) is 10.1. The number of aliphatic imine (C=N–C) groups is 1. The smallest absolute Gasteiger partial charge is 0.191 e. The molecule has 0 spiro atoms. The number of nitrogens with one attached hydrogen (secondary N) is 2. The second kappa shape index (κ2) is 11.7. The molecule has 1 aromatic rings. The van der Waals surface area contributed by atoms with Crippen LogP contribution in [0.3, 0.4) is 0 Å². The van der Waals surface area contributed by atoms with Gasteiger partial charge in [0.05, 0.1) is 6.61 Å². The summed E-state index contributed by atoms with van der Waals surface area (Å²) in [5.41, 5.74) is 1.19. The van der Waals surface area contributed by atoms with Crippen LogP contribution in [-0.4, -0.2) is 51.2 Å². The molecular weight excluding hydrogens is 451 g/mol. The average Bonchev–Trinajstić information content (AvgIpc) is 3.49. The van der Waals surface area contributed by atoms with Crippen LogP contribution < -0.4 is 15.4 Å². The van der Waals surface area contributed by atoms with Gasteiger partial charge in [-0.1, -0.05) is 18.2 Å². The van der Waals surface area contributed by atoms with Crippen LogP contribution in [0.2, 0.25) is 0 Å². The lowest BCUT2D eigenvalue weighted by molar-refractivity contribution is 0.213. The van der Waals surface area contributed by atoms with Crippen molar-refractivity contribution in [1.82, 2.24) is 15.5 Å². The summed E-state index contributed by atoms with van der Waals surface area (Å²) in [5, 5.41) is 6.89. The maximum atomic E-state index is 5.99. The molecule has 0 amide bonds. The molecular formula is C21H35IN4O. The molecule has 0 radical (unpaired) electrons. The van der Waals surface area contributed by atoms with Crippen molar-refractivity contribution in [2.45, 2.75) is 38.6 Å². The van der Waals surface area contributed by atoms with E-state index in [1.807, 2.05) is 13.1 Å². The number of rotatable bonds is 8. The fourth-order valence-electron chi connectivity index (χ4n) is 3.43. The molecule has 27 heavy (non-hydrogen) atoms. The number of likely N-dealkylation sites (tertiary alicyclic amines) is 1. The van der Waals surface area contributed by atoms with Crippen molar-refractivity contribution in [1.29, 1.82) is 0 Å². The minimum absolute atomic E-state index is 0. The average molecular weight is 486 g/mol. The first-order valence-electron chi connectivity index (χ1n) is 10.1. The van der Waals surface area contributed by atoms with E-state index in [2.05, 4.69) is 45.8 Å². The van der Waals surface area contributed by atoms with Gasteiger partial charge in [-0.05, 0) is 70.1 Å². The van der Waals surface area contributed by atoms with E-state index < -0.39 is 0 Å². The van der Waals surface area contributed by atoms with E-state index in [1.54, 1.807) is 0 Å². The summed E-state index contributed by atoms with van der Waals surface area (Å²) < 4.78 is 5.99. The van der Waals surface area contributed by atoms with Crippen molar-refractivity contribution >= 4 is 29.9 Å². The molecule has 1 aliphatic carbocycles. The van der Waals surface area contributed by atoms with Crippen LogP contribution in [0.25, 0.3) is 0 Å². The summed E-state index contributed by atoms with van der Waals surface area (Å²) in [7, 11) is 4.05.